The largest absolute Gasteiger partial charge is 0.370 e. The molecule has 3 aromatic rings. The van der Waals surface area contributed by atoms with Crippen molar-refractivity contribution in [3.8, 4) is 11.1 Å². The number of carbonyl (C=O) groups excluding carboxylic acids is 1. The van der Waals surface area contributed by atoms with Gasteiger partial charge in [-0.25, -0.2) is 0 Å². The van der Waals surface area contributed by atoms with Crippen molar-refractivity contribution in [2.24, 2.45) is 5.73 Å². The van der Waals surface area contributed by atoms with Crippen molar-refractivity contribution in [1.29, 1.82) is 5.41 Å². The predicted octanol–water partition coefficient (Wildman–Crippen LogP) is 2.70. The summed E-state index contributed by atoms with van der Waals surface area (Å²) in [5.41, 5.74) is 7.76. The van der Waals surface area contributed by atoms with Crippen LogP contribution in [-0.4, -0.2) is 31.1 Å². The first-order valence-electron chi connectivity index (χ1n) is 7.29. The molecular weight excluding hydrogens is 374 g/mol. The summed E-state index contributed by atoms with van der Waals surface area (Å²) in [7, 11) is -3.67. The maximum atomic E-state index is 11.9. The summed E-state index contributed by atoms with van der Waals surface area (Å²) < 4.78 is 27.1. The van der Waals surface area contributed by atoms with E-state index in [2.05, 4.69) is 22.8 Å². The van der Waals surface area contributed by atoms with Gasteiger partial charge in [-0.2, -0.15) is 8.42 Å². The van der Waals surface area contributed by atoms with Crippen LogP contribution in [0, 0.1) is 5.41 Å². The average molecular weight is 391 g/mol. The van der Waals surface area contributed by atoms with Crippen LogP contribution in [0.2, 0.25) is 0 Å². The topological polar surface area (TPSA) is 133 Å². The summed E-state index contributed by atoms with van der Waals surface area (Å²) >= 11 is 1.68. The van der Waals surface area contributed by atoms with Crippen LogP contribution in [0.25, 0.3) is 21.2 Å². The standard InChI is InChI=1S/C16H13N3OS.CH4O3S/c17-16(18)19-15(20)11-5-3-4-10(8-11)13-9-21-14-7-2-1-6-12(13)14;1-5(2,3)4/h1-9H,(H4,17,18,19,20);1H3,(H,2,3,4). The first-order chi connectivity index (χ1) is 12.1. The fourth-order valence-corrected chi connectivity index (χ4v) is 3.19. The Morgan fingerprint density at radius 1 is 1.19 bits per heavy atom. The van der Waals surface area contributed by atoms with Crippen molar-refractivity contribution in [3.05, 3.63) is 59.5 Å². The summed E-state index contributed by atoms with van der Waals surface area (Å²) in [5, 5.41) is 12.7. The van der Waals surface area contributed by atoms with E-state index in [4.69, 9.17) is 15.7 Å². The number of amides is 1. The second kappa shape index (κ2) is 8.09. The summed E-state index contributed by atoms with van der Waals surface area (Å²) in [6, 6.07) is 15.5. The molecule has 26 heavy (non-hydrogen) atoms. The SMILES string of the molecule is CS(=O)(=O)O.N=C(N)NC(=O)c1cccc(-c2csc3ccccc23)c1. The summed E-state index contributed by atoms with van der Waals surface area (Å²) in [6.45, 7) is 0. The minimum Gasteiger partial charge on any atom is -0.370 e. The van der Waals surface area contributed by atoms with Crippen molar-refractivity contribution in [2.45, 2.75) is 0 Å². The van der Waals surface area contributed by atoms with Crippen LogP contribution >= 0.6 is 11.3 Å². The predicted molar refractivity (Wildman–Crippen MR) is 104 cm³/mol. The molecule has 0 bridgehead atoms. The molecule has 0 aliphatic carbocycles. The molecule has 0 aliphatic rings. The van der Waals surface area contributed by atoms with Crippen LogP contribution in [0.1, 0.15) is 10.4 Å². The van der Waals surface area contributed by atoms with Gasteiger partial charge in [0.2, 0.25) is 0 Å². The van der Waals surface area contributed by atoms with Crippen molar-refractivity contribution in [3.63, 3.8) is 0 Å². The number of guanidine groups is 1. The van der Waals surface area contributed by atoms with Crippen LogP contribution in [0.4, 0.5) is 0 Å². The molecule has 0 fully saturated rings. The Morgan fingerprint density at radius 2 is 1.85 bits per heavy atom. The van der Waals surface area contributed by atoms with Gasteiger partial charge in [0.1, 0.15) is 0 Å². The zero-order valence-electron chi connectivity index (χ0n) is 13.8. The highest BCUT2D eigenvalue weighted by atomic mass is 32.2. The van der Waals surface area contributed by atoms with Crippen LogP contribution in [0.15, 0.2) is 53.9 Å². The molecule has 1 amide bonds. The molecule has 1 aromatic heterocycles. The van der Waals surface area contributed by atoms with Gasteiger partial charge in [0.25, 0.3) is 16.0 Å². The number of hydrogen-bond donors (Lipinski definition) is 4. The number of nitrogens with two attached hydrogens (primary N) is 1. The number of nitrogens with one attached hydrogen (secondary N) is 2. The Bertz CT molecular complexity index is 1050. The number of rotatable bonds is 2. The lowest BCUT2D eigenvalue weighted by Gasteiger charge is -2.05. The lowest BCUT2D eigenvalue weighted by molar-refractivity contribution is 0.0976. The molecular formula is C17H17N3O4S2. The minimum atomic E-state index is -3.67. The molecule has 0 saturated carbocycles. The zero-order valence-corrected chi connectivity index (χ0v) is 15.4. The molecule has 5 N–H and O–H groups in total. The van der Waals surface area contributed by atoms with Gasteiger partial charge >= 0.3 is 0 Å². The molecule has 136 valence electrons. The molecule has 0 atom stereocenters. The van der Waals surface area contributed by atoms with Gasteiger partial charge in [-0.15, -0.1) is 11.3 Å². The molecule has 1 heterocycles. The van der Waals surface area contributed by atoms with Crippen LogP contribution in [-0.2, 0) is 10.1 Å². The summed E-state index contributed by atoms with van der Waals surface area (Å²) in [4.78, 5) is 11.9. The van der Waals surface area contributed by atoms with Crippen molar-refractivity contribution >= 4 is 43.4 Å². The van der Waals surface area contributed by atoms with Gasteiger partial charge in [-0.3, -0.25) is 20.1 Å². The lowest BCUT2D eigenvalue weighted by atomic mass is 10.0. The quantitative estimate of drug-likeness (QED) is 0.303. The van der Waals surface area contributed by atoms with Gasteiger partial charge in [-0.1, -0.05) is 30.3 Å². The van der Waals surface area contributed by atoms with Crippen LogP contribution in [0.3, 0.4) is 0 Å². The fraction of sp³-hybridized carbons (Fsp3) is 0.0588. The third-order valence-corrected chi connectivity index (χ3v) is 4.13. The molecule has 9 heteroatoms. The maximum Gasteiger partial charge on any atom is 0.261 e. The van der Waals surface area contributed by atoms with Gasteiger partial charge < -0.3 is 5.73 Å². The van der Waals surface area contributed by atoms with Gasteiger partial charge in [0.05, 0.1) is 6.26 Å². The minimum absolute atomic E-state index is 0.355. The molecule has 0 unspecified atom stereocenters. The van der Waals surface area contributed by atoms with Gasteiger partial charge in [0, 0.05) is 21.2 Å². The number of thiophene rings is 1. The smallest absolute Gasteiger partial charge is 0.261 e. The number of hydrogen-bond acceptors (Lipinski definition) is 5. The van der Waals surface area contributed by atoms with Gasteiger partial charge in [-0.05, 0) is 29.1 Å². The molecule has 0 aliphatic heterocycles. The third-order valence-electron chi connectivity index (χ3n) is 3.16. The fourth-order valence-electron chi connectivity index (χ4n) is 2.22. The Hall–Kier alpha value is -2.75. The second-order valence-electron chi connectivity index (χ2n) is 5.33. The van der Waals surface area contributed by atoms with Crippen LogP contribution < -0.4 is 11.1 Å². The van der Waals surface area contributed by atoms with E-state index in [1.54, 1.807) is 17.4 Å². The monoisotopic (exact) mass is 391 g/mol. The number of fused-ring (bicyclic) bond motifs is 1. The average Bonchev–Trinajstić information content (AvgIpc) is 2.97. The second-order valence-corrected chi connectivity index (χ2v) is 7.70. The highest BCUT2D eigenvalue weighted by Gasteiger charge is 2.10. The van der Waals surface area contributed by atoms with E-state index in [1.807, 2.05) is 30.3 Å². The number of benzene rings is 2. The maximum absolute atomic E-state index is 11.9. The Balaban J connectivity index is 0.000000431. The van der Waals surface area contributed by atoms with E-state index in [9.17, 15) is 13.2 Å². The summed E-state index contributed by atoms with van der Waals surface area (Å²) in [5.74, 6) is -0.727. The van der Waals surface area contributed by atoms with Crippen molar-refractivity contribution in [2.75, 3.05) is 6.26 Å². The van der Waals surface area contributed by atoms with Crippen molar-refractivity contribution in [1.82, 2.24) is 5.32 Å². The molecule has 0 saturated heterocycles. The Kier molecular flexibility index (Phi) is 6.09. The molecule has 7 nitrogen and oxygen atoms in total. The summed E-state index contributed by atoms with van der Waals surface area (Å²) in [6.07, 6.45) is 0.715. The van der Waals surface area contributed by atoms with Crippen molar-refractivity contribution < 1.29 is 17.8 Å². The first-order valence-corrected chi connectivity index (χ1v) is 10.0. The van der Waals surface area contributed by atoms with E-state index in [-0.39, 0.29) is 11.9 Å². The highest BCUT2D eigenvalue weighted by molar-refractivity contribution is 7.85. The van der Waals surface area contributed by atoms with Crippen LogP contribution in [0.5, 0.6) is 0 Å². The zero-order chi connectivity index (χ0) is 19.3. The molecule has 0 radical (unpaired) electrons. The normalized spacial score (nSPS) is 10.7. The number of carbonyl (C=O) groups is 1. The molecule has 2 aromatic carbocycles. The Morgan fingerprint density at radius 3 is 2.50 bits per heavy atom. The lowest BCUT2D eigenvalue weighted by Crippen LogP contribution is -2.35. The third kappa shape index (κ3) is 5.66. The van der Waals surface area contributed by atoms with E-state index in [0.29, 0.717) is 11.8 Å². The van der Waals surface area contributed by atoms with Gasteiger partial charge in [0.15, 0.2) is 5.96 Å². The van der Waals surface area contributed by atoms with E-state index < -0.39 is 10.1 Å². The highest BCUT2D eigenvalue weighted by Crippen LogP contribution is 2.33. The van der Waals surface area contributed by atoms with E-state index >= 15 is 0 Å². The van der Waals surface area contributed by atoms with E-state index in [0.717, 1.165) is 11.1 Å². The molecule has 3 rings (SSSR count). The Labute approximate surface area is 154 Å². The first kappa shape index (κ1) is 19.6. The molecule has 0 spiro atoms. The van der Waals surface area contributed by atoms with E-state index in [1.165, 1.54) is 10.1 Å².